The van der Waals surface area contributed by atoms with Gasteiger partial charge in [-0.2, -0.15) is 0 Å². The lowest BCUT2D eigenvalue weighted by Gasteiger charge is -2.25. The summed E-state index contributed by atoms with van der Waals surface area (Å²) in [6, 6.07) is 7.65. The van der Waals surface area contributed by atoms with Gasteiger partial charge in [0, 0.05) is 11.0 Å². The Morgan fingerprint density at radius 1 is 1.37 bits per heavy atom. The number of rotatable bonds is 6. The number of aliphatic hydroxyl groups is 1. The first-order chi connectivity index (χ1) is 8.78. The minimum absolute atomic E-state index is 0.0636. The molecule has 1 amide bonds. The standard InChI is InChI=1S/C15H22BrNO2/c1-11(2)9-15(3,19)10-17-14(18)8-12-4-6-13(16)7-5-12/h4-7,11,19H,8-10H2,1-3H3,(H,17,18). The van der Waals surface area contributed by atoms with E-state index in [0.29, 0.717) is 25.3 Å². The van der Waals surface area contributed by atoms with Crippen molar-refractivity contribution >= 4 is 21.8 Å². The summed E-state index contributed by atoms with van der Waals surface area (Å²) in [6.07, 6.45) is 1.01. The number of hydrogen-bond donors (Lipinski definition) is 2. The van der Waals surface area contributed by atoms with Gasteiger partial charge in [-0.3, -0.25) is 4.79 Å². The second-order valence-corrected chi connectivity index (χ2v) is 6.59. The predicted octanol–water partition coefficient (Wildman–Crippen LogP) is 2.90. The van der Waals surface area contributed by atoms with E-state index in [2.05, 4.69) is 35.1 Å². The highest BCUT2D eigenvalue weighted by Gasteiger charge is 2.22. The number of amides is 1. The Balaban J connectivity index is 2.41. The zero-order valence-electron chi connectivity index (χ0n) is 11.7. The molecule has 0 aliphatic rings. The number of hydrogen-bond acceptors (Lipinski definition) is 2. The third-order valence-corrected chi connectivity index (χ3v) is 3.32. The Bertz CT molecular complexity index is 413. The number of halogens is 1. The molecule has 0 fully saturated rings. The lowest BCUT2D eigenvalue weighted by Crippen LogP contribution is -2.42. The molecular formula is C15H22BrNO2. The molecule has 3 nitrogen and oxygen atoms in total. The Morgan fingerprint density at radius 3 is 2.47 bits per heavy atom. The lowest BCUT2D eigenvalue weighted by atomic mass is 9.94. The van der Waals surface area contributed by atoms with Crippen LogP contribution in [0.4, 0.5) is 0 Å². The maximum Gasteiger partial charge on any atom is 0.224 e. The maximum atomic E-state index is 11.8. The quantitative estimate of drug-likeness (QED) is 0.844. The van der Waals surface area contributed by atoms with Crippen LogP contribution in [0.2, 0.25) is 0 Å². The lowest BCUT2D eigenvalue weighted by molar-refractivity contribution is -0.121. The summed E-state index contributed by atoms with van der Waals surface area (Å²) in [6.45, 7) is 6.16. The molecule has 0 aliphatic heterocycles. The number of benzene rings is 1. The maximum absolute atomic E-state index is 11.8. The number of carbonyl (C=O) groups is 1. The molecule has 0 aromatic heterocycles. The van der Waals surface area contributed by atoms with Crippen molar-refractivity contribution in [3.63, 3.8) is 0 Å². The largest absolute Gasteiger partial charge is 0.388 e. The molecule has 0 radical (unpaired) electrons. The van der Waals surface area contributed by atoms with Gasteiger partial charge in [0.05, 0.1) is 12.0 Å². The summed E-state index contributed by atoms with van der Waals surface area (Å²) in [5.41, 5.74) is 0.119. The summed E-state index contributed by atoms with van der Waals surface area (Å²) in [4.78, 5) is 11.8. The molecule has 1 rings (SSSR count). The molecule has 106 valence electrons. The van der Waals surface area contributed by atoms with Crippen molar-refractivity contribution in [3.8, 4) is 0 Å². The molecule has 1 atom stereocenters. The molecule has 1 unspecified atom stereocenters. The molecule has 1 aromatic rings. The summed E-state index contributed by atoms with van der Waals surface area (Å²) in [5, 5.41) is 12.9. The minimum Gasteiger partial charge on any atom is -0.388 e. The first kappa shape index (κ1) is 16.2. The van der Waals surface area contributed by atoms with E-state index in [1.807, 2.05) is 24.3 Å². The van der Waals surface area contributed by atoms with Crippen molar-refractivity contribution in [2.75, 3.05) is 6.54 Å². The number of carbonyl (C=O) groups excluding carboxylic acids is 1. The normalized spacial score (nSPS) is 14.2. The Hall–Kier alpha value is -0.870. The van der Waals surface area contributed by atoms with Crippen molar-refractivity contribution in [1.82, 2.24) is 5.32 Å². The molecule has 0 saturated heterocycles. The van der Waals surface area contributed by atoms with Gasteiger partial charge >= 0.3 is 0 Å². The fourth-order valence-corrected chi connectivity index (χ4v) is 2.36. The highest BCUT2D eigenvalue weighted by molar-refractivity contribution is 9.10. The molecule has 0 saturated carbocycles. The van der Waals surface area contributed by atoms with Crippen molar-refractivity contribution in [3.05, 3.63) is 34.3 Å². The van der Waals surface area contributed by atoms with E-state index in [1.165, 1.54) is 0 Å². The van der Waals surface area contributed by atoms with E-state index in [0.717, 1.165) is 10.0 Å². The zero-order valence-corrected chi connectivity index (χ0v) is 13.3. The van der Waals surface area contributed by atoms with Crippen LogP contribution in [0.1, 0.15) is 32.8 Å². The van der Waals surface area contributed by atoms with E-state index < -0.39 is 5.60 Å². The summed E-state index contributed by atoms with van der Waals surface area (Å²) >= 11 is 3.36. The molecular weight excluding hydrogens is 306 g/mol. The minimum atomic E-state index is -0.844. The van der Waals surface area contributed by atoms with Crippen LogP contribution in [0.5, 0.6) is 0 Å². The number of nitrogens with one attached hydrogen (secondary N) is 1. The third kappa shape index (κ3) is 6.73. The molecule has 2 N–H and O–H groups in total. The average Bonchev–Trinajstić information content (AvgIpc) is 2.28. The fourth-order valence-electron chi connectivity index (χ4n) is 2.09. The SMILES string of the molecule is CC(C)CC(C)(O)CNC(=O)Cc1ccc(Br)cc1. The predicted molar refractivity (Wildman–Crippen MR) is 80.9 cm³/mol. The molecule has 0 spiro atoms. The van der Waals surface area contributed by atoms with Crippen LogP contribution in [-0.4, -0.2) is 23.2 Å². The molecule has 0 aliphatic carbocycles. The van der Waals surface area contributed by atoms with Gasteiger partial charge in [0.2, 0.25) is 5.91 Å². The van der Waals surface area contributed by atoms with E-state index in [-0.39, 0.29) is 5.91 Å². The van der Waals surface area contributed by atoms with Crippen LogP contribution in [0, 0.1) is 5.92 Å². The van der Waals surface area contributed by atoms with Crippen LogP contribution >= 0.6 is 15.9 Å². The Kier molecular flexibility index (Phi) is 6.01. The topological polar surface area (TPSA) is 49.3 Å². The van der Waals surface area contributed by atoms with Gasteiger partial charge in [-0.1, -0.05) is 41.9 Å². The highest BCUT2D eigenvalue weighted by atomic mass is 79.9. The van der Waals surface area contributed by atoms with Gasteiger partial charge in [-0.15, -0.1) is 0 Å². The fraction of sp³-hybridized carbons (Fsp3) is 0.533. The first-order valence-electron chi connectivity index (χ1n) is 6.52. The van der Waals surface area contributed by atoms with Gasteiger partial charge in [0.1, 0.15) is 0 Å². The molecule has 0 heterocycles. The van der Waals surface area contributed by atoms with Crippen molar-refractivity contribution < 1.29 is 9.90 Å². The summed E-state index contributed by atoms with van der Waals surface area (Å²) in [7, 11) is 0. The van der Waals surface area contributed by atoms with E-state index in [1.54, 1.807) is 6.92 Å². The zero-order chi connectivity index (χ0) is 14.5. The van der Waals surface area contributed by atoms with E-state index in [9.17, 15) is 9.90 Å². The molecule has 19 heavy (non-hydrogen) atoms. The van der Waals surface area contributed by atoms with Crippen LogP contribution in [0.3, 0.4) is 0 Å². The van der Waals surface area contributed by atoms with Crippen LogP contribution in [0.15, 0.2) is 28.7 Å². The van der Waals surface area contributed by atoms with Crippen LogP contribution in [-0.2, 0) is 11.2 Å². The Morgan fingerprint density at radius 2 is 1.95 bits per heavy atom. The van der Waals surface area contributed by atoms with Crippen LogP contribution < -0.4 is 5.32 Å². The second kappa shape index (κ2) is 7.06. The van der Waals surface area contributed by atoms with E-state index in [4.69, 9.17) is 0 Å². The highest BCUT2D eigenvalue weighted by Crippen LogP contribution is 2.15. The van der Waals surface area contributed by atoms with Gasteiger partial charge in [-0.05, 0) is 37.0 Å². The third-order valence-electron chi connectivity index (χ3n) is 2.79. The van der Waals surface area contributed by atoms with E-state index >= 15 is 0 Å². The second-order valence-electron chi connectivity index (χ2n) is 5.67. The smallest absolute Gasteiger partial charge is 0.224 e. The Labute approximate surface area is 123 Å². The van der Waals surface area contributed by atoms with Crippen molar-refractivity contribution in [1.29, 1.82) is 0 Å². The van der Waals surface area contributed by atoms with Gasteiger partial charge in [0.25, 0.3) is 0 Å². The molecule has 4 heteroatoms. The monoisotopic (exact) mass is 327 g/mol. The van der Waals surface area contributed by atoms with Crippen molar-refractivity contribution in [2.45, 2.75) is 39.2 Å². The average molecular weight is 328 g/mol. The van der Waals surface area contributed by atoms with Crippen LogP contribution in [0.25, 0.3) is 0 Å². The van der Waals surface area contributed by atoms with Gasteiger partial charge in [-0.25, -0.2) is 0 Å². The van der Waals surface area contributed by atoms with Gasteiger partial charge < -0.3 is 10.4 Å². The van der Waals surface area contributed by atoms with Gasteiger partial charge in [0.15, 0.2) is 0 Å². The van der Waals surface area contributed by atoms with Crippen molar-refractivity contribution in [2.24, 2.45) is 5.92 Å². The molecule has 1 aromatic carbocycles. The summed E-state index contributed by atoms with van der Waals surface area (Å²) < 4.78 is 0.997. The summed E-state index contributed by atoms with van der Waals surface area (Å²) in [5.74, 6) is 0.338. The first-order valence-corrected chi connectivity index (χ1v) is 7.31. The molecule has 0 bridgehead atoms.